The zero-order valence-electron chi connectivity index (χ0n) is 11.2. The Bertz CT molecular complexity index is 809. The van der Waals surface area contributed by atoms with Gasteiger partial charge in [-0.05, 0) is 24.3 Å². The summed E-state index contributed by atoms with van der Waals surface area (Å²) in [6, 6.07) is 8.93. The highest BCUT2D eigenvalue weighted by Crippen LogP contribution is 2.25. The molecule has 2 heterocycles. The lowest BCUT2D eigenvalue weighted by molar-refractivity contribution is 0.344. The summed E-state index contributed by atoms with van der Waals surface area (Å²) in [4.78, 5) is 0. The molecule has 0 aliphatic carbocycles. The van der Waals surface area contributed by atoms with Crippen molar-refractivity contribution in [1.82, 2.24) is 14.6 Å². The molecule has 0 saturated carbocycles. The zero-order chi connectivity index (χ0) is 15.5. The van der Waals surface area contributed by atoms with Crippen LogP contribution in [0.25, 0.3) is 5.65 Å². The van der Waals surface area contributed by atoms with Crippen LogP contribution in [-0.4, -0.2) is 27.0 Å². The van der Waals surface area contributed by atoms with Crippen molar-refractivity contribution in [2.45, 2.75) is 5.16 Å². The zero-order valence-corrected chi connectivity index (χ0v) is 14.3. The van der Waals surface area contributed by atoms with E-state index in [-0.39, 0.29) is 0 Å². The number of hydrogen-bond acceptors (Lipinski definition) is 4. The molecular formula is C14H10Cl3N3OS. The Balaban J connectivity index is 1.62. The number of rotatable bonds is 5. The first kappa shape index (κ1) is 15.7. The molecule has 8 heteroatoms. The smallest absolute Gasteiger partial charge is 0.195 e. The first-order chi connectivity index (χ1) is 10.6. The minimum atomic E-state index is 0.474. The molecule has 1 aromatic carbocycles. The number of fused-ring (bicyclic) bond motifs is 1. The molecule has 0 radical (unpaired) electrons. The van der Waals surface area contributed by atoms with Gasteiger partial charge in [-0.15, -0.1) is 10.2 Å². The van der Waals surface area contributed by atoms with Crippen molar-refractivity contribution in [3.8, 4) is 5.75 Å². The van der Waals surface area contributed by atoms with Crippen LogP contribution in [0.5, 0.6) is 5.75 Å². The van der Waals surface area contributed by atoms with Gasteiger partial charge in [-0.3, -0.25) is 4.40 Å². The van der Waals surface area contributed by atoms with E-state index in [9.17, 15) is 0 Å². The monoisotopic (exact) mass is 373 g/mol. The van der Waals surface area contributed by atoms with Crippen molar-refractivity contribution in [1.29, 1.82) is 0 Å². The molecule has 0 bridgehead atoms. The SMILES string of the molecule is Clc1cccc(OCCSc2nnc3c(Cl)cc(Cl)cn23)c1. The van der Waals surface area contributed by atoms with Gasteiger partial charge in [-0.25, -0.2) is 0 Å². The first-order valence-electron chi connectivity index (χ1n) is 6.34. The molecule has 0 aliphatic heterocycles. The van der Waals surface area contributed by atoms with Crippen molar-refractivity contribution < 1.29 is 4.74 Å². The highest BCUT2D eigenvalue weighted by atomic mass is 35.5. The minimum Gasteiger partial charge on any atom is -0.493 e. The molecule has 3 rings (SSSR count). The highest BCUT2D eigenvalue weighted by molar-refractivity contribution is 7.99. The standard InChI is InChI=1S/C14H10Cl3N3OS/c15-9-2-1-3-11(6-9)21-4-5-22-14-19-18-13-12(17)7-10(16)8-20(13)14/h1-3,6-8H,4-5H2. The molecule has 0 fully saturated rings. The Hall–Kier alpha value is -1.14. The van der Waals surface area contributed by atoms with Gasteiger partial charge in [-0.2, -0.15) is 0 Å². The molecule has 4 nitrogen and oxygen atoms in total. The molecule has 0 amide bonds. The second-order valence-electron chi connectivity index (χ2n) is 4.34. The van der Waals surface area contributed by atoms with E-state index < -0.39 is 0 Å². The van der Waals surface area contributed by atoms with Crippen molar-refractivity contribution >= 4 is 52.2 Å². The predicted octanol–water partition coefficient (Wildman–Crippen LogP) is 4.86. The maximum atomic E-state index is 6.08. The third kappa shape index (κ3) is 3.60. The number of ether oxygens (including phenoxy) is 1. The number of benzene rings is 1. The second kappa shape index (κ2) is 6.96. The van der Waals surface area contributed by atoms with Crippen LogP contribution < -0.4 is 4.74 Å². The number of thioether (sulfide) groups is 1. The largest absolute Gasteiger partial charge is 0.493 e. The Morgan fingerprint density at radius 3 is 2.77 bits per heavy atom. The fourth-order valence-corrected chi connectivity index (χ4v) is 3.27. The van der Waals surface area contributed by atoms with Gasteiger partial charge in [0.05, 0.1) is 16.7 Å². The quantitative estimate of drug-likeness (QED) is 0.472. The van der Waals surface area contributed by atoms with Crippen molar-refractivity contribution in [3.05, 3.63) is 51.6 Å². The molecule has 3 aromatic rings. The third-order valence-corrected chi connectivity index (χ3v) is 4.40. The number of halogens is 3. The molecule has 22 heavy (non-hydrogen) atoms. The van der Waals surface area contributed by atoms with E-state index in [2.05, 4.69) is 10.2 Å². The first-order valence-corrected chi connectivity index (χ1v) is 8.46. The van der Waals surface area contributed by atoms with Crippen molar-refractivity contribution in [3.63, 3.8) is 0 Å². The number of aromatic nitrogens is 3. The van der Waals surface area contributed by atoms with Crippen molar-refractivity contribution in [2.75, 3.05) is 12.4 Å². The van der Waals surface area contributed by atoms with Gasteiger partial charge < -0.3 is 4.74 Å². The summed E-state index contributed by atoms with van der Waals surface area (Å²) < 4.78 is 7.40. The molecule has 114 valence electrons. The molecular weight excluding hydrogens is 365 g/mol. The summed E-state index contributed by atoms with van der Waals surface area (Å²) in [5.41, 5.74) is 0.587. The summed E-state index contributed by atoms with van der Waals surface area (Å²) in [6.07, 6.45) is 1.74. The lowest BCUT2D eigenvalue weighted by Crippen LogP contribution is -2.01. The predicted molar refractivity (Wildman–Crippen MR) is 90.7 cm³/mol. The maximum absolute atomic E-state index is 6.08. The van der Waals surface area contributed by atoms with Crippen LogP contribution in [0.15, 0.2) is 41.7 Å². The van der Waals surface area contributed by atoms with E-state index in [4.69, 9.17) is 39.5 Å². The van der Waals surface area contributed by atoms with E-state index in [1.54, 1.807) is 28.8 Å². The lowest BCUT2D eigenvalue weighted by Gasteiger charge is -2.06. The summed E-state index contributed by atoms with van der Waals surface area (Å²) in [6.45, 7) is 0.522. The second-order valence-corrected chi connectivity index (χ2v) is 6.68. The summed E-state index contributed by atoms with van der Waals surface area (Å²) in [5, 5.41) is 10.5. The number of hydrogen-bond donors (Lipinski definition) is 0. The Morgan fingerprint density at radius 1 is 1.09 bits per heavy atom. The normalized spacial score (nSPS) is 11.0. The van der Waals surface area contributed by atoms with Crippen LogP contribution in [0.2, 0.25) is 15.1 Å². The van der Waals surface area contributed by atoms with Crippen LogP contribution in [0.4, 0.5) is 0 Å². The Morgan fingerprint density at radius 2 is 1.95 bits per heavy atom. The fraction of sp³-hybridized carbons (Fsp3) is 0.143. The lowest BCUT2D eigenvalue weighted by atomic mass is 10.3. The minimum absolute atomic E-state index is 0.474. The summed E-state index contributed by atoms with van der Waals surface area (Å²) >= 11 is 19.5. The highest BCUT2D eigenvalue weighted by Gasteiger charge is 2.10. The van der Waals surface area contributed by atoms with E-state index in [0.29, 0.717) is 38.2 Å². The number of pyridine rings is 1. The van der Waals surface area contributed by atoms with E-state index in [0.717, 1.165) is 5.75 Å². The molecule has 0 aliphatic rings. The molecule has 0 N–H and O–H groups in total. The van der Waals surface area contributed by atoms with Crippen LogP contribution in [0, 0.1) is 0 Å². The van der Waals surface area contributed by atoms with Crippen molar-refractivity contribution in [2.24, 2.45) is 0 Å². The third-order valence-electron chi connectivity index (χ3n) is 2.77. The molecule has 0 saturated heterocycles. The summed E-state index contributed by atoms with van der Waals surface area (Å²) in [5.74, 6) is 1.45. The van der Waals surface area contributed by atoms with Gasteiger partial charge >= 0.3 is 0 Å². The van der Waals surface area contributed by atoms with Gasteiger partial charge in [-0.1, -0.05) is 52.6 Å². The van der Waals surface area contributed by atoms with Gasteiger partial charge in [0.15, 0.2) is 10.8 Å². The van der Waals surface area contributed by atoms with E-state index >= 15 is 0 Å². The van der Waals surface area contributed by atoms with Crippen LogP contribution in [0.1, 0.15) is 0 Å². The molecule has 0 unspecified atom stereocenters. The van der Waals surface area contributed by atoms with Gasteiger partial charge in [0, 0.05) is 17.0 Å². The molecule has 0 atom stereocenters. The average molecular weight is 375 g/mol. The Labute approximate surface area is 146 Å². The van der Waals surface area contributed by atoms with Crippen LogP contribution in [-0.2, 0) is 0 Å². The Kier molecular flexibility index (Phi) is 4.98. The van der Waals surface area contributed by atoms with E-state index in [1.165, 1.54) is 11.8 Å². The van der Waals surface area contributed by atoms with E-state index in [1.807, 2.05) is 12.1 Å². The molecule has 0 spiro atoms. The molecule has 2 aromatic heterocycles. The van der Waals surface area contributed by atoms with Crippen LogP contribution in [0.3, 0.4) is 0 Å². The fourth-order valence-electron chi connectivity index (χ4n) is 1.85. The summed E-state index contributed by atoms with van der Waals surface area (Å²) in [7, 11) is 0. The number of nitrogens with zero attached hydrogens (tertiary/aromatic N) is 3. The van der Waals surface area contributed by atoms with Crippen LogP contribution >= 0.6 is 46.6 Å². The van der Waals surface area contributed by atoms with Gasteiger partial charge in [0.1, 0.15) is 5.75 Å². The maximum Gasteiger partial charge on any atom is 0.195 e. The topological polar surface area (TPSA) is 39.4 Å². The van der Waals surface area contributed by atoms with Gasteiger partial charge in [0.25, 0.3) is 0 Å². The van der Waals surface area contributed by atoms with Gasteiger partial charge in [0.2, 0.25) is 0 Å². The average Bonchev–Trinajstić information content (AvgIpc) is 2.87.